The first-order chi connectivity index (χ1) is 8.79. The van der Waals surface area contributed by atoms with Gasteiger partial charge in [0, 0.05) is 13.1 Å². The molecule has 0 saturated carbocycles. The Bertz CT molecular complexity index is 390. The summed E-state index contributed by atoms with van der Waals surface area (Å²) in [6, 6.07) is -0.0994. The minimum Gasteiger partial charge on any atom is -0.314 e. The molecule has 0 aliphatic carbocycles. The van der Waals surface area contributed by atoms with Crippen molar-refractivity contribution >= 4 is 6.03 Å². The summed E-state index contributed by atoms with van der Waals surface area (Å²) in [5, 5.41) is 3.33. The van der Waals surface area contributed by atoms with Crippen LogP contribution in [0.5, 0.6) is 0 Å². The predicted octanol–water partition coefficient (Wildman–Crippen LogP) is 0.745. The van der Waals surface area contributed by atoms with Gasteiger partial charge in [-0.05, 0) is 12.5 Å². The van der Waals surface area contributed by atoms with E-state index in [9.17, 15) is 4.79 Å². The maximum absolute atomic E-state index is 12.1. The van der Waals surface area contributed by atoms with E-state index >= 15 is 0 Å². The summed E-state index contributed by atoms with van der Waals surface area (Å²) < 4.78 is 0. The molecule has 1 atom stereocenters. The highest BCUT2D eigenvalue weighted by atomic mass is 16.7. The van der Waals surface area contributed by atoms with Crippen LogP contribution >= 0.6 is 0 Å². The Morgan fingerprint density at radius 3 is 3.22 bits per heavy atom. The number of urea groups is 1. The van der Waals surface area contributed by atoms with Crippen LogP contribution in [0.3, 0.4) is 0 Å². The largest absolute Gasteiger partial charge is 0.345 e. The molecule has 6 heteroatoms. The molecular formula is C12H17N3O3. The maximum atomic E-state index is 12.1. The Kier molecular flexibility index (Phi) is 2.97. The van der Waals surface area contributed by atoms with E-state index in [2.05, 4.69) is 12.7 Å². The average Bonchev–Trinajstić information content (AvgIpc) is 2.98. The van der Waals surface area contributed by atoms with E-state index in [1.807, 2.05) is 5.06 Å². The molecule has 6 nitrogen and oxygen atoms in total. The Hall–Kier alpha value is -1.53. The molecule has 0 spiro atoms. The first kappa shape index (κ1) is 11.6. The molecule has 0 N–H and O–H groups in total. The number of amides is 2. The Balaban J connectivity index is 1.74. The number of hydroxylamine groups is 4. The number of hydrogen-bond donors (Lipinski definition) is 0. The van der Waals surface area contributed by atoms with Gasteiger partial charge in [0.25, 0.3) is 0 Å². The summed E-state index contributed by atoms with van der Waals surface area (Å²) >= 11 is 0. The van der Waals surface area contributed by atoms with Gasteiger partial charge >= 0.3 is 6.03 Å². The van der Waals surface area contributed by atoms with Crippen LogP contribution in [0.15, 0.2) is 24.4 Å². The number of fused-ring (bicyclic) bond motifs is 2. The molecule has 1 unspecified atom stereocenters. The first-order valence-electron chi connectivity index (χ1n) is 6.22. The van der Waals surface area contributed by atoms with Crippen LogP contribution in [0, 0.1) is 0 Å². The van der Waals surface area contributed by atoms with Crippen LogP contribution in [-0.4, -0.2) is 59.9 Å². The first-order valence-corrected chi connectivity index (χ1v) is 6.22. The second kappa shape index (κ2) is 4.62. The number of rotatable bonds is 4. The molecule has 2 saturated heterocycles. The fraction of sp³-hybridized carbons (Fsp3) is 0.583. The van der Waals surface area contributed by atoms with Crippen molar-refractivity contribution < 1.29 is 14.5 Å². The Morgan fingerprint density at radius 2 is 2.50 bits per heavy atom. The van der Waals surface area contributed by atoms with Crippen LogP contribution in [0.25, 0.3) is 0 Å². The fourth-order valence-corrected chi connectivity index (χ4v) is 2.50. The van der Waals surface area contributed by atoms with Crippen molar-refractivity contribution in [1.29, 1.82) is 0 Å². The van der Waals surface area contributed by atoms with E-state index in [-0.39, 0.29) is 12.1 Å². The quantitative estimate of drug-likeness (QED) is 0.692. The van der Waals surface area contributed by atoms with Crippen molar-refractivity contribution in [2.24, 2.45) is 0 Å². The number of carbonyl (C=O) groups excluding carboxylic acids is 1. The van der Waals surface area contributed by atoms with Crippen LogP contribution < -0.4 is 0 Å². The summed E-state index contributed by atoms with van der Waals surface area (Å²) in [6.07, 6.45) is 4.74. The topological polar surface area (TPSA) is 45.2 Å². The molecule has 3 heterocycles. The minimum absolute atomic E-state index is 0.0228. The molecule has 2 fully saturated rings. The molecule has 2 amide bonds. The molecule has 0 aromatic rings. The third-order valence-corrected chi connectivity index (χ3v) is 3.31. The standard InChI is InChI=1S/C12H17N3O3/c1-2-5-18-15-11-7-10(14-4-3-6-17-14)8-13(9-11)12(15)16/h2,7,11H,1,3-6,8-9H2. The van der Waals surface area contributed by atoms with Crippen LogP contribution in [0.1, 0.15) is 6.42 Å². The fourth-order valence-electron chi connectivity index (χ4n) is 2.50. The van der Waals surface area contributed by atoms with Crippen LogP contribution in [-0.2, 0) is 9.68 Å². The van der Waals surface area contributed by atoms with E-state index in [1.165, 1.54) is 5.06 Å². The normalized spacial score (nSPS) is 26.9. The number of nitrogens with zero attached hydrogens (tertiary/aromatic N) is 3. The Morgan fingerprint density at radius 1 is 1.61 bits per heavy atom. The Labute approximate surface area is 106 Å². The molecule has 0 aromatic carbocycles. The van der Waals surface area contributed by atoms with Gasteiger partial charge in [0.15, 0.2) is 0 Å². The second-order valence-electron chi connectivity index (χ2n) is 4.59. The van der Waals surface area contributed by atoms with E-state index < -0.39 is 0 Å². The van der Waals surface area contributed by atoms with Crippen molar-refractivity contribution in [2.75, 3.05) is 32.8 Å². The molecule has 18 heavy (non-hydrogen) atoms. The van der Waals surface area contributed by atoms with Gasteiger partial charge in [-0.3, -0.25) is 14.7 Å². The van der Waals surface area contributed by atoms with Crippen molar-refractivity contribution in [3.05, 3.63) is 24.4 Å². The average molecular weight is 251 g/mol. The number of carbonyl (C=O) groups is 1. The van der Waals surface area contributed by atoms with Crippen LogP contribution in [0.2, 0.25) is 0 Å². The summed E-state index contributed by atoms with van der Waals surface area (Å²) in [7, 11) is 0. The predicted molar refractivity (Wildman–Crippen MR) is 64.1 cm³/mol. The lowest BCUT2D eigenvalue weighted by molar-refractivity contribution is -0.109. The molecule has 3 aliphatic heterocycles. The summed E-state index contributed by atoms with van der Waals surface area (Å²) in [5.41, 5.74) is 1.06. The molecule has 2 bridgehead atoms. The zero-order chi connectivity index (χ0) is 12.5. The zero-order valence-corrected chi connectivity index (χ0v) is 10.2. The van der Waals surface area contributed by atoms with Gasteiger partial charge in [-0.1, -0.05) is 6.08 Å². The molecule has 0 radical (unpaired) electrons. The number of hydrogen-bond acceptors (Lipinski definition) is 4. The van der Waals surface area contributed by atoms with E-state index in [0.29, 0.717) is 19.7 Å². The van der Waals surface area contributed by atoms with Gasteiger partial charge < -0.3 is 4.90 Å². The highest BCUT2D eigenvalue weighted by Crippen LogP contribution is 2.27. The van der Waals surface area contributed by atoms with Crippen molar-refractivity contribution in [3.63, 3.8) is 0 Å². The van der Waals surface area contributed by atoms with Crippen LogP contribution in [0.4, 0.5) is 4.79 Å². The second-order valence-corrected chi connectivity index (χ2v) is 4.59. The molecule has 98 valence electrons. The summed E-state index contributed by atoms with van der Waals surface area (Å²) in [5.74, 6) is 0. The van der Waals surface area contributed by atoms with Gasteiger partial charge in [-0.25, -0.2) is 4.79 Å². The maximum Gasteiger partial charge on any atom is 0.345 e. The SMILES string of the molecule is C=CCON1C(=O)N2CC(N3CCCO3)=CC1C2. The highest BCUT2D eigenvalue weighted by molar-refractivity contribution is 5.77. The van der Waals surface area contributed by atoms with Gasteiger partial charge in [-0.15, -0.1) is 6.58 Å². The van der Waals surface area contributed by atoms with Crippen molar-refractivity contribution in [3.8, 4) is 0 Å². The van der Waals surface area contributed by atoms with E-state index in [1.54, 1.807) is 11.0 Å². The van der Waals surface area contributed by atoms with Gasteiger partial charge in [0.05, 0.1) is 31.5 Å². The third-order valence-electron chi connectivity index (χ3n) is 3.31. The lowest BCUT2D eigenvalue weighted by atomic mass is 10.2. The van der Waals surface area contributed by atoms with Gasteiger partial charge in [0.2, 0.25) is 0 Å². The molecule has 3 rings (SSSR count). The summed E-state index contributed by atoms with van der Waals surface area (Å²) in [6.45, 7) is 6.88. The van der Waals surface area contributed by atoms with E-state index in [4.69, 9.17) is 9.68 Å². The van der Waals surface area contributed by atoms with E-state index in [0.717, 1.165) is 25.3 Å². The third kappa shape index (κ3) is 1.87. The van der Waals surface area contributed by atoms with Gasteiger partial charge in [-0.2, -0.15) is 5.06 Å². The highest BCUT2D eigenvalue weighted by Gasteiger charge is 2.42. The molecular weight excluding hydrogens is 234 g/mol. The molecule has 0 aromatic heterocycles. The minimum atomic E-state index is -0.0766. The van der Waals surface area contributed by atoms with Crippen molar-refractivity contribution in [1.82, 2.24) is 15.0 Å². The smallest absolute Gasteiger partial charge is 0.314 e. The lowest BCUT2D eigenvalue weighted by Crippen LogP contribution is -2.35. The monoisotopic (exact) mass is 251 g/mol. The van der Waals surface area contributed by atoms with Gasteiger partial charge in [0.1, 0.15) is 0 Å². The van der Waals surface area contributed by atoms with Crippen molar-refractivity contribution in [2.45, 2.75) is 12.5 Å². The lowest BCUT2D eigenvalue weighted by Gasteiger charge is -2.27. The zero-order valence-electron chi connectivity index (χ0n) is 10.2. The summed E-state index contributed by atoms with van der Waals surface area (Å²) in [4.78, 5) is 24.8. The molecule has 3 aliphatic rings.